The van der Waals surface area contributed by atoms with E-state index in [2.05, 4.69) is 11.9 Å². The predicted octanol–water partition coefficient (Wildman–Crippen LogP) is 3.42. The minimum Gasteiger partial charge on any atom is -0.508 e. The Balaban J connectivity index is 2.07. The predicted molar refractivity (Wildman–Crippen MR) is 66.8 cm³/mol. The zero-order valence-corrected chi connectivity index (χ0v) is 10.4. The molecule has 0 saturated heterocycles. The van der Waals surface area contributed by atoms with Crippen LogP contribution in [0.3, 0.4) is 0 Å². The number of nitrogens with zero attached hydrogens (tertiary/aromatic N) is 1. The Morgan fingerprint density at radius 3 is 2.69 bits per heavy atom. The number of halogens is 1. The van der Waals surface area contributed by atoms with Crippen LogP contribution in [0.15, 0.2) is 18.2 Å². The van der Waals surface area contributed by atoms with Crippen molar-refractivity contribution in [2.24, 2.45) is 0 Å². The van der Waals surface area contributed by atoms with E-state index >= 15 is 0 Å². The summed E-state index contributed by atoms with van der Waals surface area (Å²) < 4.78 is 0. The number of hydrogen-bond acceptors (Lipinski definition) is 2. The van der Waals surface area contributed by atoms with E-state index in [9.17, 15) is 5.11 Å². The number of rotatable bonds is 3. The van der Waals surface area contributed by atoms with Gasteiger partial charge in [0.15, 0.2) is 0 Å². The highest BCUT2D eigenvalue weighted by Gasteiger charge is 2.20. The molecule has 1 aliphatic rings. The van der Waals surface area contributed by atoms with Crippen molar-refractivity contribution < 1.29 is 5.11 Å². The molecule has 1 aromatic carbocycles. The summed E-state index contributed by atoms with van der Waals surface area (Å²) >= 11 is 6.09. The highest BCUT2D eigenvalue weighted by atomic mass is 35.5. The van der Waals surface area contributed by atoms with E-state index < -0.39 is 0 Å². The van der Waals surface area contributed by atoms with Gasteiger partial charge in [-0.3, -0.25) is 4.90 Å². The lowest BCUT2D eigenvalue weighted by Gasteiger charge is -2.24. The van der Waals surface area contributed by atoms with E-state index in [0.29, 0.717) is 16.8 Å². The minimum absolute atomic E-state index is 0.303. The van der Waals surface area contributed by atoms with Crippen molar-refractivity contribution in [3.05, 3.63) is 28.8 Å². The number of phenolic OH excluding ortho intramolecular Hbond substituents is 1. The Morgan fingerprint density at radius 2 is 2.06 bits per heavy atom. The second-order valence-corrected chi connectivity index (χ2v) is 5.00. The van der Waals surface area contributed by atoms with Gasteiger partial charge in [0.2, 0.25) is 0 Å². The van der Waals surface area contributed by atoms with E-state index in [4.69, 9.17) is 11.6 Å². The number of benzene rings is 1. The average Bonchev–Trinajstić information content (AvgIpc) is 2.76. The molecular weight excluding hydrogens is 222 g/mol. The largest absolute Gasteiger partial charge is 0.508 e. The molecular formula is C13H18ClNO. The molecule has 0 aliphatic heterocycles. The van der Waals surface area contributed by atoms with Crippen LogP contribution in [0.1, 0.15) is 31.2 Å². The Labute approximate surface area is 102 Å². The van der Waals surface area contributed by atoms with E-state index in [0.717, 1.165) is 12.1 Å². The molecule has 1 aliphatic carbocycles. The van der Waals surface area contributed by atoms with Crippen LogP contribution < -0.4 is 0 Å². The van der Waals surface area contributed by atoms with Crippen LogP contribution in [-0.2, 0) is 6.54 Å². The summed E-state index contributed by atoms with van der Waals surface area (Å²) in [5, 5.41) is 10.4. The molecule has 0 aromatic heterocycles. The summed E-state index contributed by atoms with van der Waals surface area (Å²) in [5.74, 6) is 0.303. The van der Waals surface area contributed by atoms with Crippen molar-refractivity contribution in [1.82, 2.24) is 4.90 Å². The maximum Gasteiger partial charge on any atom is 0.121 e. The first-order valence-electron chi connectivity index (χ1n) is 5.85. The Bertz CT molecular complexity index is 341. The second kappa shape index (κ2) is 5.07. The van der Waals surface area contributed by atoms with E-state index in [1.807, 2.05) is 6.07 Å². The smallest absolute Gasteiger partial charge is 0.121 e. The first kappa shape index (κ1) is 11.7. The third-order valence-electron chi connectivity index (χ3n) is 3.45. The fourth-order valence-corrected chi connectivity index (χ4v) is 2.66. The highest BCUT2D eigenvalue weighted by Crippen LogP contribution is 2.29. The van der Waals surface area contributed by atoms with E-state index in [1.54, 1.807) is 12.1 Å². The maximum absolute atomic E-state index is 9.77. The molecule has 0 radical (unpaired) electrons. The van der Waals surface area contributed by atoms with E-state index in [1.165, 1.54) is 25.7 Å². The molecule has 0 bridgehead atoms. The fraction of sp³-hybridized carbons (Fsp3) is 0.538. The van der Waals surface area contributed by atoms with Crippen LogP contribution in [0, 0.1) is 0 Å². The maximum atomic E-state index is 9.77. The van der Waals surface area contributed by atoms with Crippen molar-refractivity contribution in [3.8, 4) is 5.75 Å². The molecule has 0 heterocycles. The Kier molecular flexibility index (Phi) is 3.72. The van der Waals surface area contributed by atoms with Crippen molar-refractivity contribution in [2.75, 3.05) is 7.05 Å². The first-order chi connectivity index (χ1) is 7.68. The van der Waals surface area contributed by atoms with Gasteiger partial charge in [-0.15, -0.1) is 0 Å². The number of phenols is 1. The quantitative estimate of drug-likeness (QED) is 0.874. The molecule has 0 unspecified atom stereocenters. The van der Waals surface area contributed by atoms with E-state index in [-0.39, 0.29) is 0 Å². The molecule has 16 heavy (non-hydrogen) atoms. The van der Waals surface area contributed by atoms with Crippen LogP contribution in [0.2, 0.25) is 5.02 Å². The Hall–Kier alpha value is -0.730. The summed E-state index contributed by atoms with van der Waals surface area (Å²) in [4.78, 5) is 2.30. The number of hydrogen-bond donors (Lipinski definition) is 1. The van der Waals surface area contributed by atoms with Gasteiger partial charge in [0.05, 0.1) is 0 Å². The molecule has 0 amide bonds. The third-order valence-corrected chi connectivity index (χ3v) is 3.80. The lowest BCUT2D eigenvalue weighted by atomic mass is 10.1. The molecule has 2 nitrogen and oxygen atoms in total. The van der Waals surface area contributed by atoms with Crippen molar-refractivity contribution in [1.29, 1.82) is 0 Å². The van der Waals surface area contributed by atoms with Gasteiger partial charge in [-0.1, -0.05) is 30.5 Å². The van der Waals surface area contributed by atoms with Crippen molar-refractivity contribution in [2.45, 2.75) is 38.3 Å². The van der Waals surface area contributed by atoms with Gasteiger partial charge in [-0.05, 0) is 32.0 Å². The van der Waals surface area contributed by atoms with Crippen molar-refractivity contribution >= 4 is 11.6 Å². The molecule has 88 valence electrons. The van der Waals surface area contributed by atoms with Crippen LogP contribution >= 0.6 is 11.6 Å². The summed E-state index contributed by atoms with van der Waals surface area (Å²) in [5.41, 5.74) is 0.846. The second-order valence-electron chi connectivity index (χ2n) is 4.59. The number of aromatic hydroxyl groups is 1. The van der Waals surface area contributed by atoms with Crippen LogP contribution in [0.25, 0.3) is 0 Å². The zero-order chi connectivity index (χ0) is 11.5. The fourth-order valence-electron chi connectivity index (χ4n) is 2.43. The van der Waals surface area contributed by atoms with Crippen LogP contribution in [0.4, 0.5) is 0 Å². The normalized spacial score (nSPS) is 17.2. The molecule has 1 saturated carbocycles. The van der Waals surface area contributed by atoms with Crippen molar-refractivity contribution in [3.63, 3.8) is 0 Å². The first-order valence-corrected chi connectivity index (χ1v) is 6.23. The summed E-state index contributed by atoms with van der Waals surface area (Å²) in [6, 6.07) is 5.95. The molecule has 1 fully saturated rings. The SMILES string of the molecule is CN(Cc1c(O)cccc1Cl)C1CCCC1. The van der Waals surface area contributed by atoms with Gasteiger partial charge in [-0.25, -0.2) is 0 Å². The van der Waals surface area contributed by atoms with Crippen LogP contribution in [-0.4, -0.2) is 23.1 Å². The lowest BCUT2D eigenvalue weighted by molar-refractivity contribution is 0.234. The average molecular weight is 240 g/mol. The van der Waals surface area contributed by atoms with Gasteiger partial charge in [0.1, 0.15) is 5.75 Å². The minimum atomic E-state index is 0.303. The highest BCUT2D eigenvalue weighted by molar-refractivity contribution is 6.31. The molecule has 0 spiro atoms. The summed E-state index contributed by atoms with van der Waals surface area (Å²) in [6.45, 7) is 0.732. The van der Waals surface area contributed by atoms with Crippen LogP contribution in [0.5, 0.6) is 5.75 Å². The van der Waals surface area contributed by atoms with Gasteiger partial charge in [0.25, 0.3) is 0 Å². The molecule has 3 heteroatoms. The summed E-state index contributed by atoms with van der Waals surface area (Å²) in [7, 11) is 2.11. The Morgan fingerprint density at radius 1 is 1.38 bits per heavy atom. The molecule has 2 rings (SSSR count). The van der Waals surface area contributed by atoms with Gasteiger partial charge < -0.3 is 5.11 Å². The monoisotopic (exact) mass is 239 g/mol. The molecule has 0 atom stereocenters. The van der Waals surface area contributed by atoms with Gasteiger partial charge >= 0.3 is 0 Å². The standard InChI is InChI=1S/C13H18ClNO/c1-15(10-5-2-3-6-10)9-11-12(14)7-4-8-13(11)16/h4,7-8,10,16H,2-3,5-6,9H2,1H3. The van der Waals surface area contributed by atoms with Gasteiger partial charge in [0, 0.05) is 23.2 Å². The van der Waals surface area contributed by atoms with Gasteiger partial charge in [-0.2, -0.15) is 0 Å². The lowest BCUT2D eigenvalue weighted by Crippen LogP contribution is -2.28. The summed E-state index contributed by atoms with van der Waals surface area (Å²) in [6.07, 6.45) is 5.18. The zero-order valence-electron chi connectivity index (χ0n) is 9.62. The molecule has 1 N–H and O–H groups in total. The molecule has 1 aromatic rings. The topological polar surface area (TPSA) is 23.5 Å². The third kappa shape index (κ3) is 2.50.